The van der Waals surface area contributed by atoms with Crippen molar-refractivity contribution in [1.82, 2.24) is 10.1 Å². The van der Waals surface area contributed by atoms with Crippen molar-refractivity contribution in [3.63, 3.8) is 0 Å². The first kappa shape index (κ1) is 21.0. The van der Waals surface area contributed by atoms with Gasteiger partial charge in [0.15, 0.2) is 11.5 Å². The SMILES string of the molecule is COc1cc(C(SNc2ccc(-c3noc(C)n3)cc2)C(N)=O)c(F)c2c1OCCC2. The number of anilines is 1. The first-order valence-electron chi connectivity index (χ1n) is 9.61. The van der Waals surface area contributed by atoms with Gasteiger partial charge in [0.2, 0.25) is 17.6 Å². The van der Waals surface area contributed by atoms with Crippen LogP contribution in [0.15, 0.2) is 34.9 Å². The molecule has 162 valence electrons. The third kappa shape index (κ3) is 4.29. The number of aryl methyl sites for hydroxylation is 1. The smallest absolute Gasteiger partial charge is 0.237 e. The summed E-state index contributed by atoms with van der Waals surface area (Å²) in [6.07, 6.45) is 1.20. The number of amides is 1. The van der Waals surface area contributed by atoms with E-state index in [2.05, 4.69) is 14.9 Å². The number of hydrogen-bond donors (Lipinski definition) is 2. The van der Waals surface area contributed by atoms with E-state index in [9.17, 15) is 4.79 Å². The monoisotopic (exact) mass is 444 g/mol. The highest BCUT2D eigenvalue weighted by atomic mass is 32.2. The summed E-state index contributed by atoms with van der Waals surface area (Å²) in [4.78, 5) is 16.4. The Labute approximate surface area is 182 Å². The van der Waals surface area contributed by atoms with Crippen molar-refractivity contribution >= 4 is 23.5 Å². The van der Waals surface area contributed by atoms with E-state index in [1.54, 1.807) is 19.1 Å². The molecule has 0 saturated carbocycles. The molecule has 1 atom stereocenters. The van der Waals surface area contributed by atoms with Gasteiger partial charge in [-0.15, -0.1) is 0 Å². The Kier molecular flexibility index (Phi) is 5.99. The van der Waals surface area contributed by atoms with Crippen LogP contribution >= 0.6 is 11.9 Å². The summed E-state index contributed by atoms with van der Waals surface area (Å²) in [6, 6.07) is 8.69. The van der Waals surface area contributed by atoms with Crippen LogP contribution in [0.1, 0.15) is 28.7 Å². The van der Waals surface area contributed by atoms with Crippen LogP contribution in [0.2, 0.25) is 0 Å². The molecule has 0 spiro atoms. The summed E-state index contributed by atoms with van der Waals surface area (Å²) in [5.41, 5.74) is 7.66. The fourth-order valence-electron chi connectivity index (χ4n) is 3.35. The molecule has 1 aliphatic heterocycles. The van der Waals surface area contributed by atoms with E-state index < -0.39 is 17.0 Å². The average molecular weight is 444 g/mol. The lowest BCUT2D eigenvalue weighted by Crippen LogP contribution is -2.22. The lowest BCUT2D eigenvalue weighted by Gasteiger charge is -2.24. The van der Waals surface area contributed by atoms with Crippen LogP contribution in [-0.2, 0) is 11.2 Å². The lowest BCUT2D eigenvalue weighted by atomic mass is 9.99. The number of benzene rings is 2. The fourth-order valence-corrected chi connectivity index (χ4v) is 4.15. The molecule has 1 aromatic heterocycles. The maximum absolute atomic E-state index is 15.2. The molecule has 8 nitrogen and oxygen atoms in total. The number of nitrogens with zero attached hydrogens (tertiary/aromatic N) is 2. The second kappa shape index (κ2) is 8.84. The predicted octanol–water partition coefficient (Wildman–Crippen LogP) is 3.80. The molecule has 1 aliphatic rings. The Morgan fingerprint density at radius 3 is 2.77 bits per heavy atom. The molecule has 0 fully saturated rings. The molecule has 3 N–H and O–H groups in total. The maximum atomic E-state index is 15.2. The van der Waals surface area contributed by atoms with E-state index in [1.807, 2.05) is 12.1 Å². The van der Waals surface area contributed by atoms with Crippen LogP contribution in [0.4, 0.5) is 10.1 Å². The Morgan fingerprint density at radius 2 is 2.13 bits per heavy atom. The van der Waals surface area contributed by atoms with E-state index in [4.69, 9.17) is 19.7 Å². The Bertz CT molecular complexity index is 1100. The first-order valence-corrected chi connectivity index (χ1v) is 10.5. The van der Waals surface area contributed by atoms with E-state index in [1.165, 1.54) is 13.2 Å². The number of methoxy groups -OCH3 is 1. The summed E-state index contributed by atoms with van der Waals surface area (Å²) < 4.78 is 34.2. The largest absolute Gasteiger partial charge is 0.493 e. The zero-order valence-corrected chi connectivity index (χ0v) is 17.8. The van der Waals surface area contributed by atoms with Gasteiger partial charge in [0.25, 0.3) is 0 Å². The fraction of sp³-hybridized carbons (Fsp3) is 0.286. The summed E-state index contributed by atoms with van der Waals surface area (Å²) in [7, 11) is 1.48. The molecule has 0 saturated heterocycles. The van der Waals surface area contributed by atoms with Gasteiger partial charge >= 0.3 is 0 Å². The van der Waals surface area contributed by atoms with Crippen LogP contribution in [-0.4, -0.2) is 29.8 Å². The minimum Gasteiger partial charge on any atom is -0.493 e. The lowest BCUT2D eigenvalue weighted by molar-refractivity contribution is -0.117. The molecule has 3 aromatic rings. The van der Waals surface area contributed by atoms with E-state index in [0.29, 0.717) is 53.9 Å². The summed E-state index contributed by atoms with van der Waals surface area (Å²) in [6.45, 7) is 2.21. The second-order valence-corrected chi connectivity index (χ2v) is 7.87. The number of nitrogens with two attached hydrogens (primary N) is 1. The van der Waals surface area contributed by atoms with E-state index in [0.717, 1.165) is 17.5 Å². The van der Waals surface area contributed by atoms with Gasteiger partial charge in [-0.2, -0.15) is 4.98 Å². The Balaban J connectivity index is 1.56. The van der Waals surface area contributed by atoms with Crippen molar-refractivity contribution < 1.29 is 23.2 Å². The molecule has 4 rings (SSSR count). The number of ether oxygens (including phenoxy) is 2. The molecule has 1 unspecified atom stereocenters. The average Bonchev–Trinajstić information content (AvgIpc) is 3.22. The van der Waals surface area contributed by atoms with Crippen molar-refractivity contribution in [2.24, 2.45) is 5.73 Å². The molecular formula is C21H21FN4O4S. The third-order valence-electron chi connectivity index (χ3n) is 4.85. The van der Waals surface area contributed by atoms with Gasteiger partial charge in [0.1, 0.15) is 11.1 Å². The predicted molar refractivity (Wildman–Crippen MR) is 114 cm³/mol. The van der Waals surface area contributed by atoms with Gasteiger partial charge in [-0.3, -0.25) is 4.79 Å². The van der Waals surface area contributed by atoms with Crippen LogP contribution in [0.5, 0.6) is 11.5 Å². The van der Waals surface area contributed by atoms with Crippen LogP contribution in [0.3, 0.4) is 0 Å². The number of carbonyl (C=O) groups excluding carboxylic acids is 1. The number of fused-ring (bicyclic) bond motifs is 1. The quantitative estimate of drug-likeness (QED) is 0.529. The van der Waals surface area contributed by atoms with Crippen molar-refractivity contribution in [3.05, 3.63) is 53.2 Å². The van der Waals surface area contributed by atoms with Gasteiger partial charge in [-0.25, -0.2) is 4.39 Å². The topological polar surface area (TPSA) is 113 Å². The van der Waals surface area contributed by atoms with Gasteiger partial charge < -0.3 is 24.5 Å². The van der Waals surface area contributed by atoms with E-state index >= 15 is 4.39 Å². The molecule has 0 aliphatic carbocycles. The number of carbonyl (C=O) groups is 1. The summed E-state index contributed by atoms with van der Waals surface area (Å²) in [5, 5.41) is 2.91. The minimum atomic E-state index is -0.972. The molecule has 0 bridgehead atoms. The minimum absolute atomic E-state index is 0.157. The normalized spacial score (nSPS) is 13.8. The highest BCUT2D eigenvalue weighted by Crippen LogP contribution is 2.43. The number of halogens is 1. The Hall–Kier alpha value is -3.27. The van der Waals surface area contributed by atoms with Crippen molar-refractivity contribution in [2.75, 3.05) is 18.4 Å². The van der Waals surface area contributed by atoms with Gasteiger partial charge in [-0.1, -0.05) is 5.16 Å². The first-order chi connectivity index (χ1) is 15.0. The number of hydrogen-bond acceptors (Lipinski definition) is 8. The number of aromatic nitrogens is 2. The van der Waals surface area contributed by atoms with Gasteiger partial charge in [0, 0.05) is 29.3 Å². The highest BCUT2D eigenvalue weighted by Gasteiger charge is 2.30. The zero-order valence-electron chi connectivity index (χ0n) is 17.0. The molecule has 10 heteroatoms. The van der Waals surface area contributed by atoms with Crippen LogP contribution in [0, 0.1) is 12.7 Å². The number of rotatable bonds is 7. The molecule has 2 heterocycles. The summed E-state index contributed by atoms with van der Waals surface area (Å²) in [5.74, 6) is 0.578. The standard InChI is InChI=1S/C21H21FN4O4S/c1-11-24-21(25-30-11)12-5-7-13(8-6-12)26-31-19(20(23)27)15-10-16(28-2)18-14(17(15)22)4-3-9-29-18/h5-8,10,19,26H,3-4,9H2,1-2H3,(H2,23,27). The van der Waals surface area contributed by atoms with Crippen LogP contribution in [0.25, 0.3) is 11.4 Å². The Morgan fingerprint density at radius 1 is 1.35 bits per heavy atom. The molecule has 2 aromatic carbocycles. The highest BCUT2D eigenvalue weighted by molar-refractivity contribution is 8.01. The second-order valence-electron chi connectivity index (χ2n) is 6.96. The van der Waals surface area contributed by atoms with Crippen molar-refractivity contribution in [1.29, 1.82) is 0 Å². The van der Waals surface area contributed by atoms with Crippen molar-refractivity contribution in [2.45, 2.75) is 25.0 Å². The molecule has 1 amide bonds. The zero-order chi connectivity index (χ0) is 22.0. The maximum Gasteiger partial charge on any atom is 0.237 e. The number of primary amides is 1. The molecular weight excluding hydrogens is 423 g/mol. The van der Waals surface area contributed by atoms with Gasteiger partial charge in [0.05, 0.1) is 13.7 Å². The van der Waals surface area contributed by atoms with Crippen molar-refractivity contribution in [3.8, 4) is 22.9 Å². The third-order valence-corrected chi connectivity index (χ3v) is 5.92. The van der Waals surface area contributed by atoms with Crippen LogP contribution < -0.4 is 19.9 Å². The van der Waals surface area contributed by atoms with E-state index in [-0.39, 0.29) is 5.56 Å². The molecule has 0 radical (unpaired) electrons. The van der Waals surface area contributed by atoms with Gasteiger partial charge in [-0.05, 0) is 55.1 Å². The number of nitrogens with one attached hydrogen (secondary N) is 1. The summed E-state index contributed by atoms with van der Waals surface area (Å²) >= 11 is 1.01. The molecule has 31 heavy (non-hydrogen) atoms.